The molecule has 1 aromatic carbocycles. The van der Waals surface area contributed by atoms with Crippen molar-refractivity contribution in [1.29, 1.82) is 0 Å². The first kappa shape index (κ1) is 23.4. The summed E-state index contributed by atoms with van der Waals surface area (Å²) in [7, 11) is 1.45. The Morgan fingerprint density at radius 2 is 2.03 bits per heavy atom. The number of nitrogens with zero attached hydrogens (tertiary/aromatic N) is 4. The fourth-order valence-electron chi connectivity index (χ4n) is 3.13. The number of amides is 2. The van der Waals surface area contributed by atoms with E-state index in [0.29, 0.717) is 5.16 Å². The first-order chi connectivity index (χ1) is 14.6. The Morgan fingerprint density at radius 1 is 1.26 bits per heavy atom. The van der Waals surface area contributed by atoms with Crippen LogP contribution in [0.25, 0.3) is 0 Å². The zero-order valence-electron chi connectivity index (χ0n) is 16.7. The number of benzene rings is 1. The molecule has 12 heteroatoms. The second-order valence-corrected chi connectivity index (χ2v) is 8.49. The zero-order valence-corrected chi connectivity index (χ0v) is 18.3. The van der Waals surface area contributed by atoms with Crippen LogP contribution in [0.1, 0.15) is 30.7 Å². The molecule has 1 aliphatic rings. The molecule has 0 unspecified atom stereocenters. The van der Waals surface area contributed by atoms with E-state index < -0.39 is 22.7 Å². The summed E-state index contributed by atoms with van der Waals surface area (Å²) in [5, 5.41) is 10.9. The van der Waals surface area contributed by atoms with Crippen molar-refractivity contribution >= 4 is 40.9 Å². The number of carbonyl (C=O) groups is 2. The van der Waals surface area contributed by atoms with E-state index in [9.17, 15) is 22.8 Å². The van der Waals surface area contributed by atoms with Crippen molar-refractivity contribution in [3.63, 3.8) is 0 Å². The number of fused-ring (bicyclic) bond motifs is 1. The second-order valence-electron chi connectivity index (χ2n) is 7.14. The van der Waals surface area contributed by atoms with Crippen LogP contribution in [-0.2, 0) is 28.7 Å². The maximum absolute atomic E-state index is 12.9. The van der Waals surface area contributed by atoms with Crippen LogP contribution < -0.4 is 5.32 Å². The van der Waals surface area contributed by atoms with E-state index in [-0.39, 0.29) is 23.9 Å². The summed E-state index contributed by atoms with van der Waals surface area (Å²) < 4.78 is 40.9. The number of likely N-dealkylation sites (N-methyl/N-ethyl adjacent to an activating group) is 1. The minimum atomic E-state index is -4.64. The van der Waals surface area contributed by atoms with Gasteiger partial charge in [-0.1, -0.05) is 29.8 Å². The van der Waals surface area contributed by atoms with Crippen molar-refractivity contribution in [1.82, 2.24) is 19.7 Å². The summed E-state index contributed by atoms with van der Waals surface area (Å²) >= 11 is 6.83. The van der Waals surface area contributed by atoms with Crippen LogP contribution in [0.2, 0.25) is 5.02 Å². The molecule has 0 spiro atoms. The van der Waals surface area contributed by atoms with Crippen LogP contribution in [0.15, 0.2) is 23.4 Å². The molecule has 3 rings (SSSR count). The molecular weight excluding hydrogens is 455 g/mol. The number of alkyl halides is 3. The van der Waals surface area contributed by atoms with E-state index in [2.05, 4.69) is 15.5 Å². The van der Waals surface area contributed by atoms with E-state index in [1.54, 1.807) is 0 Å². The highest BCUT2D eigenvalue weighted by atomic mass is 35.5. The van der Waals surface area contributed by atoms with Gasteiger partial charge in [-0.15, -0.1) is 10.2 Å². The lowest BCUT2D eigenvalue weighted by molar-refractivity contribution is -0.137. The molecule has 7 nitrogen and oxygen atoms in total. The largest absolute Gasteiger partial charge is 0.417 e. The van der Waals surface area contributed by atoms with E-state index in [4.69, 9.17) is 11.6 Å². The molecule has 168 valence electrons. The van der Waals surface area contributed by atoms with Gasteiger partial charge in [0.05, 0.1) is 22.9 Å². The lowest BCUT2D eigenvalue weighted by Crippen LogP contribution is -2.36. The summed E-state index contributed by atoms with van der Waals surface area (Å²) in [4.78, 5) is 25.8. The molecule has 0 aliphatic carbocycles. The Balaban J connectivity index is 1.53. The van der Waals surface area contributed by atoms with E-state index in [1.165, 1.54) is 29.8 Å². The molecule has 0 radical (unpaired) electrons. The molecule has 0 fully saturated rings. The molecule has 0 atom stereocenters. The monoisotopic (exact) mass is 475 g/mol. The number of halogens is 4. The van der Waals surface area contributed by atoms with Crippen molar-refractivity contribution in [2.24, 2.45) is 0 Å². The average molecular weight is 476 g/mol. The van der Waals surface area contributed by atoms with Gasteiger partial charge in [0.25, 0.3) is 0 Å². The fraction of sp³-hybridized carbons (Fsp3) is 0.474. The molecule has 0 bridgehead atoms. The van der Waals surface area contributed by atoms with Gasteiger partial charge in [-0.05, 0) is 31.0 Å². The highest BCUT2D eigenvalue weighted by molar-refractivity contribution is 7.99. The third kappa shape index (κ3) is 6.13. The highest BCUT2D eigenvalue weighted by Crippen LogP contribution is 2.36. The summed E-state index contributed by atoms with van der Waals surface area (Å²) in [5.74, 6) is 0.0633. The number of carbonyl (C=O) groups excluding carboxylic acids is 2. The molecule has 1 aliphatic heterocycles. The van der Waals surface area contributed by atoms with Gasteiger partial charge >= 0.3 is 6.18 Å². The second kappa shape index (κ2) is 9.90. The molecule has 2 amide bonds. The number of aryl methyl sites for hydroxylation is 1. The Labute approximate surface area is 186 Å². The predicted octanol–water partition coefficient (Wildman–Crippen LogP) is 3.87. The number of rotatable bonds is 6. The molecule has 1 aromatic heterocycles. The highest BCUT2D eigenvalue weighted by Gasteiger charge is 2.33. The van der Waals surface area contributed by atoms with Crippen LogP contribution in [0.3, 0.4) is 0 Å². The van der Waals surface area contributed by atoms with E-state index in [1.807, 2.05) is 4.57 Å². The van der Waals surface area contributed by atoms with Crippen molar-refractivity contribution in [3.8, 4) is 0 Å². The van der Waals surface area contributed by atoms with Gasteiger partial charge in [-0.25, -0.2) is 0 Å². The lowest BCUT2D eigenvalue weighted by Gasteiger charge is -2.17. The first-order valence-electron chi connectivity index (χ1n) is 9.60. The Morgan fingerprint density at radius 3 is 2.77 bits per heavy atom. The SMILES string of the molecule is CN(CC(=O)Nc1ccc(Cl)c(C(F)(F)F)c1)C(=O)CSc1nnc2n1CCCCC2. The number of aromatic nitrogens is 3. The van der Waals surface area contributed by atoms with Gasteiger partial charge in [0.15, 0.2) is 5.16 Å². The quantitative estimate of drug-likeness (QED) is 0.642. The maximum atomic E-state index is 12.9. The third-order valence-electron chi connectivity index (χ3n) is 4.76. The third-order valence-corrected chi connectivity index (χ3v) is 6.04. The van der Waals surface area contributed by atoms with Gasteiger partial charge in [0.1, 0.15) is 5.82 Å². The zero-order chi connectivity index (χ0) is 22.6. The first-order valence-corrected chi connectivity index (χ1v) is 11.0. The average Bonchev–Trinajstić information content (AvgIpc) is 2.92. The lowest BCUT2D eigenvalue weighted by atomic mass is 10.2. The number of hydrogen-bond donors (Lipinski definition) is 1. The molecule has 0 saturated heterocycles. The normalized spacial score (nSPS) is 14.0. The Bertz CT molecular complexity index is 967. The predicted molar refractivity (Wildman–Crippen MR) is 111 cm³/mol. The van der Waals surface area contributed by atoms with Gasteiger partial charge in [0.2, 0.25) is 11.8 Å². The molecular formula is C19H21ClF3N5O2S. The topological polar surface area (TPSA) is 80.1 Å². The number of thioether (sulfide) groups is 1. The van der Waals surface area contributed by atoms with Gasteiger partial charge in [0, 0.05) is 25.7 Å². The molecule has 2 heterocycles. The van der Waals surface area contributed by atoms with Crippen molar-refractivity contribution in [2.45, 2.75) is 43.6 Å². The van der Waals surface area contributed by atoms with E-state index >= 15 is 0 Å². The number of nitrogens with one attached hydrogen (secondary N) is 1. The van der Waals surface area contributed by atoms with Crippen LogP contribution in [0.4, 0.5) is 18.9 Å². The molecule has 0 saturated carbocycles. The molecule has 31 heavy (non-hydrogen) atoms. The summed E-state index contributed by atoms with van der Waals surface area (Å²) in [6.45, 7) is 0.513. The van der Waals surface area contributed by atoms with E-state index in [0.717, 1.165) is 50.2 Å². The molecule has 2 aromatic rings. The van der Waals surface area contributed by atoms with Crippen molar-refractivity contribution < 1.29 is 22.8 Å². The van der Waals surface area contributed by atoms with Crippen LogP contribution in [0, 0.1) is 0 Å². The van der Waals surface area contributed by atoms with Gasteiger partial charge < -0.3 is 14.8 Å². The molecule has 1 N–H and O–H groups in total. The van der Waals surface area contributed by atoms with Crippen molar-refractivity contribution in [2.75, 3.05) is 24.7 Å². The maximum Gasteiger partial charge on any atom is 0.417 e. The van der Waals surface area contributed by atoms with Gasteiger partial charge in [-0.3, -0.25) is 9.59 Å². The van der Waals surface area contributed by atoms with Crippen molar-refractivity contribution in [3.05, 3.63) is 34.6 Å². The van der Waals surface area contributed by atoms with Crippen LogP contribution in [0.5, 0.6) is 0 Å². The summed E-state index contributed by atoms with van der Waals surface area (Å²) in [6, 6.07) is 3.09. The summed E-state index contributed by atoms with van der Waals surface area (Å²) in [5.41, 5.74) is -1.09. The summed E-state index contributed by atoms with van der Waals surface area (Å²) in [6.07, 6.45) is -0.544. The number of hydrogen-bond acceptors (Lipinski definition) is 5. The standard InChI is InChI=1S/C19H21ClF3N5O2S/c1-27(10-16(29)24-12-6-7-14(20)13(9-12)19(21,22)23)17(30)11-31-18-26-25-15-5-3-2-4-8-28(15)18/h6-7,9H,2-5,8,10-11H2,1H3,(H,24,29). The fourth-order valence-corrected chi connectivity index (χ4v) is 4.27. The Hall–Kier alpha value is -2.27. The minimum absolute atomic E-state index is 0.0527. The van der Waals surface area contributed by atoms with Crippen LogP contribution >= 0.6 is 23.4 Å². The number of anilines is 1. The minimum Gasteiger partial charge on any atom is -0.336 e. The van der Waals surface area contributed by atoms with Crippen LogP contribution in [-0.4, -0.2) is 50.8 Å². The Kier molecular flexibility index (Phi) is 7.47. The smallest absolute Gasteiger partial charge is 0.336 e. The van der Waals surface area contributed by atoms with Gasteiger partial charge in [-0.2, -0.15) is 13.2 Å².